The molecular weight excluding hydrogens is 257 g/mol. The number of hydrogen-bond acceptors (Lipinski definition) is 5. The van der Waals surface area contributed by atoms with E-state index in [1.165, 1.54) is 23.9 Å². The maximum atomic E-state index is 12.8. The highest BCUT2D eigenvalue weighted by Gasteiger charge is 2.07. The van der Waals surface area contributed by atoms with Crippen molar-refractivity contribution in [3.05, 3.63) is 24.0 Å². The molecule has 0 aliphatic carbocycles. The highest BCUT2D eigenvalue weighted by atomic mass is 32.2. The molecule has 1 aromatic rings. The van der Waals surface area contributed by atoms with E-state index in [0.717, 1.165) is 4.90 Å². The van der Waals surface area contributed by atoms with E-state index in [-0.39, 0.29) is 12.4 Å². The van der Waals surface area contributed by atoms with Gasteiger partial charge >= 0.3 is 0 Å². The molecule has 1 aromatic carbocycles. The number of nitrogens with two attached hydrogens (primary N) is 1. The summed E-state index contributed by atoms with van der Waals surface area (Å²) in [5, 5.41) is 9.65. The molecule has 18 heavy (non-hydrogen) atoms. The first-order chi connectivity index (χ1) is 8.63. The number of halogens is 1. The van der Waals surface area contributed by atoms with Crippen molar-refractivity contribution >= 4 is 17.4 Å². The molecule has 3 N–H and O–H groups in total. The zero-order valence-corrected chi connectivity index (χ0v) is 11.1. The van der Waals surface area contributed by atoms with Crippen molar-refractivity contribution in [3.63, 3.8) is 0 Å². The van der Waals surface area contributed by atoms with Gasteiger partial charge in [-0.05, 0) is 18.2 Å². The predicted octanol–water partition coefficient (Wildman–Crippen LogP) is 1.52. The van der Waals surface area contributed by atoms with E-state index in [9.17, 15) is 9.50 Å². The van der Waals surface area contributed by atoms with Gasteiger partial charge in [0.2, 0.25) is 0 Å². The number of thioether (sulfide) groups is 1. The van der Waals surface area contributed by atoms with E-state index in [1.807, 2.05) is 0 Å². The van der Waals surface area contributed by atoms with Crippen LogP contribution in [-0.4, -0.2) is 43.9 Å². The van der Waals surface area contributed by atoms with Gasteiger partial charge in [-0.25, -0.2) is 4.39 Å². The second-order valence-corrected chi connectivity index (χ2v) is 4.78. The molecule has 0 spiro atoms. The Bertz CT molecular complexity index is 365. The minimum Gasteiger partial charge on any atom is -0.398 e. The van der Waals surface area contributed by atoms with E-state index in [4.69, 9.17) is 15.2 Å². The van der Waals surface area contributed by atoms with Crippen molar-refractivity contribution in [2.75, 3.05) is 38.4 Å². The van der Waals surface area contributed by atoms with Crippen LogP contribution in [0, 0.1) is 5.82 Å². The normalized spacial score (nSPS) is 12.6. The minimum atomic E-state index is -0.587. The van der Waals surface area contributed by atoms with E-state index < -0.39 is 6.10 Å². The first-order valence-corrected chi connectivity index (χ1v) is 6.54. The van der Waals surface area contributed by atoms with Gasteiger partial charge in [-0.15, -0.1) is 11.8 Å². The molecule has 4 nitrogen and oxygen atoms in total. The number of benzene rings is 1. The fourth-order valence-electron chi connectivity index (χ4n) is 1.25. The molecule has 6 heteroatoms. The molecule has 0 heterocycles. The van der Waals surface area contributed by atoms with Crippen LogP contribution in [0.4, 0.5) is 10.1 Å². The first kappa shape index (κ1) is 15.2. The molecule has 1 atom stereocenters. The molecular formula is C12H18FNO3S. The predicted molar refractivity (Wildman–Crippen MR) is 70.2 cm³/mol. The number of hydrogen-bond donors (Lipinski definition) is 2. The molecule has 0 aliphatic rings. The van der Waals surface area contributed by atoms with E-state index in [2.05, 4.69) is 0 Å². The largest absolute Gasteiger partial charge is 0.398 e. The Morgan fingerprint density at radius 2 is 2.22 bits per heavy atom. The van der Waals surface area contributed by atoms with Gasteiger partial charge in [0.25, 0.3) is 0 Å². The van der Waals surface area contributed by atoms with Crippen LogP contribution in [-0.2, 0) is 9.47 Å². The molecule has 0 aromatic heterocycles. The maximum Gasteiger partial charge on any atom is 0.125 e. The summed E-state index contributed by atoms with van der Waals surface area (Å²) in [7, 11) is 1.59. The third-order valence-corrected chi connectivity index (χ3v) is 3.38. The van der Waals surface area contributed by atoms with Crippen molar-refractivity contribution in [2.24, 2.45) is 0 Å². The highest BCUT2D eigenvalue weighted by molar-refractivity contribution is 7.99. The topological polar surface area (TPSA) is 64.7 Å². The molecule has 0 fully saturated rings. The third kappa shape index (κ3) is 5.68. The van der Waals surface area contributed by atoms with Gasteiger partial charge in [-0.1, -0.05) is 0 Å². The van der Waals surface area contributed by atoms with Crippen LogP contribution in [0.25, 0.3) is 0 Å². The summed E-state index contributed by atoms with van der Waals surface area (Å²) in [6, 6.07) is 4.22. The number of ether oxygens (including phenoxy) is 2. The van der Waals surface area contributed by atoms with Crippen LogP contribution in [0.5, 0.6) is 0 Å². The van der Waals surface area contributed by atoms with Crippen molar-refractivity contribution in [2.45, 2.75) is 11.0 Å². The minimum absolute atomic E-state index is 0.247. The van der Waals surface area contributed by atoms with E-state index in [1.54, 1.807) is 13.2 Å². The lowest BCUT2D eigenvalue weighted by molar-refractivity contribution is 0.0218. The Labute approximate surface area is 110 Å². The number of aliphatic hydroxyl groups is 1. The third-order valence-electron chi connectivity index (χ3n) is 2.15. The zero-order chi connectivity index (χ0) is 13.4. The van der Waals surface area contributed by atoms with E-state index >= 15 is 0 Å². The number of methoxy groups -OCH3 is 1. The average molecular weight is 275 g/mol. The summed E-state index contributed by atoms with van der Waals surface area (Å²) in [5.41, 5.74) is 6.04. The van der Waals surface area contributed by atoms with Gasteiger partial charge in [0.1, 0.15) is 5.82 Å². The second kappa shape index (κ2) is 8.31. The molecule has 0 saturated heterocycles. The lowest BCUT2D eigenvalue weighted by atomic mass is 10.3. The molecule has 0 amide bonds. The lowest BCUT2D eigenvalue weighted by Gasteiger charge is -2.11. The Balaban J connectivity index is 2.27. The number of aliphatic hydroxyl groups excluding tert-OH is 1. The molecule has 0 aliphatic heterocycles. The Kier molecular flexibility index (Phi) is 7.04. The zero-order valence-electron chi connectivity index (χ0n) is 10.3. The molecule has 1 unspecified atom stereocenters. The summed E-state index contributed by atoms with van der Waals surface area (Å²) >= 11 is 1.37. The quantitative estimate of drug-likeness (QED) is 0.428. The summed E-state index contributed by atoms with van der Waals surface area (Å²) in [4.78, 5) is 0.757. The van der Waals surface area contributed by atoms with Crippen molar-refractivity contribution in [1.29, 1.82) is 0 Å². The van der Waals surface area contributed by atoms with Gasteiger partial charge in [-0.3, -0.25) is 0 Å². The molecule has 1 rings (SSSR count). The fourth-order valence-corrected chi connectivity index (χ4v) is 2.10. The van der Waals surface area contributed by atoms with Crippen LogP contribution in [0.15, 0.2) is 23.1 Å². The smallest absolute Gasteiger partial charge is 0.125 e. The summed E-state index contributed by atoms with van der Waals surface area (Å²) in [6.07, 6.45) is -0.587. The Hall–Kier alpha value is -0.820. The van der Waals surface area contributed by atoms with Crippen molar-refractivity contribution in [1.82, 2.24) is 0 Å². The van der Waals surface area contributed by atoms with Crippen molar-refractivity contribution in [3.8, 4) is 0 Å². The monoisotopic (exact) mass is 275 g/mol. The Morgan fingerprint density at radius 3 is 2.89 bits per heavy atom. The average Bonchev–Trinajstić information content (AvgIpc) is 2.33. The first-order valence-electron chi connectivity index (χ1n) is 5.56. The van der Waals surface area contributed by atoms with Gasteiger partial charge < -0.3 is 20.3 Å². The van der Waals surface area contributed by atoms with Gasteiger partial charge in [-0.2, -0.15) is 0 Å². The number of rotatable bonds is 8. The lowest BCUT2D eigenvalue weighted by Crippen LogP contribution is -2.19. The molecule has 0 radical (unpaired) electrons. The van der Waals surface area contributed by atoms with Gasteiger partial charge in [0.15, 0.2) is 0 Å². The maximum absolute atomic E-state index is 12.8. The van der Waals surface area contributed by atoms with Crippen molar-refractivity contribution < 1.29 is 19.0 Å². The second-order valence-electron chi connectivity index (χ2n) is 3.71. The van der Waals surface area contributed by atoms with Crippen LogP contribution in [0.1, 0.15) is 0 Å². The van der Waals surface area contributed by atoms with Crippen LogP contribution in [0.3, 0.4) is 0 Å². The van der Waals surface area contributed by atoms with Crippen LogP contribution in [0.2, 0.25) is 0 Å². The standard InChI is InChI=1S/C12H18FNO3S/c1-16-4-5-17-7-10(15)8-18-12-3-2-9(13)6-11(12)14/h2-3,6,10,15H,4-5,7-8,14H2,1H3. The number of anilines is 1. The summed E-state index contributed by atoms with van der Waals surface area (Å²) in [5.74, 6) is 0.0864. The van der Waals surface area contributed by atoms with Crippen LogP contribution < -0.4 is 5.73 Å². The van der Waals surface area contributed by atoms with Gasteiger partial charge in [0.05, 0.1) is 25.9 Å². The summed E-state index contributed by atoms with van der Waals surface area (Å²) in [6.45, 7) is 1.21. The summed E-state index contributed by atoms with van der Waals surface area (Å²) < 4.78 is 22.8. The SMILES string of the molecule is COCCOCC(O)CSc1ccc(F)cc1N. The van der Waals surface area contributed by atoms with Crippen LogP contribution >= 0.6 is 11.8 Å². The molecule has 0 bridgehead atoms. The fraction of sp³-hybridized carbons (Fsp3) is 0.500. The molecule has 102 valence electrons. The molecule has 0 saturated carbocycles. The van der Waals surface area contributed by atoms with Gasteiger partial charge in [0, 0.05) is 23.4 Å². The number of nitrogen functional groups attached to an aromatic ring is 1. The van der Waals surface area contributed by atoms with E-state index in [0.29, 0.717) is 24.7 Å². The Morgan fingerprint density at radius 1 is 1.44 bits per heavy atom. The highest BCUT2D eigenvalue weighted by Crippen LogP contribution is 2.26.